The summed E-state index contributed by atoms with van der Waals surface area (Å²) in [4.78, 5) is 0. The minimum absolute atomic E-state index is 0.111. The molecule has 230 valence electrons. The van der Waals surface area contributed by atoms with Crippen LogP contribution in [0, 0.1) is 0 Å². The van der Waals surface area contributed by atoms with Gasteiger partial charge >= 0.3 is 267 Å². The van der Waals surface area contributed by atoms with E-state index in [9.17, 15) is 0 Å². The van der Waals surface area contributed by atoms with Gasteiger partial charge in [-0.2, -0.15) is 0 Å². The molecule has 0 fully saturated rings. The molecule has 0 aliphatic carbocycles. The van der Waals surface area contributed by atoms with Crippen LogP contribution in [0.3, 0.4) is 0 Å². The predicted molar refractivity (Wildman–Crippen MR) is 181 cm³/mol. The molecule has 2 atom stereocenters. The van der Waals surface area contributed by atoms with Crippen LogP contribution in [-0.4, -0.2) is 17.0 Å². The number of nitrogens with zero attached hydrogens (tertiary/aromatic N) is 1. The van der Waals surface area contributed by atoms with Crippen LogP contribution >= 0.6 is 28.3 Å². The molecule has 3 nitrogen and oxygen atoms in total. The second kappa shape index (κ2) is 15.5. The molecule has 0 aromatic heterocycles. The Morgan fingerprint density at radius 2 is 0.775 bits per heavy atom. The van der Waals surface area contributed by atoms with Crippen LogP contribution in [0.5, 0.6) is 0 Å². The average Bonchev–Trinajstić information content (AvgIpc) is 2.85. The van der Waals surface area contributed by atoms with Gasteiger partial charge in [0.25, 0.3) is 0 Å². The summed E-state index contributed by atoms with van der Waals surface area (Å²) in [6.45, 7) is 28.9. The first kappa shape index (κ1) is 36.0. The minimum atomic E-state index is -0.719. The SMILES string of the molecule is CC(C)c1cc(C(C)C)c(C(N)C[N](CC(N)c2c(C(C)C)cc(C(C)C)cc2C(C)C)[Co]([Br])[Br])c(C(C)C)c1. The monoisotopic (exact) mass is 723 g/mol. The van der Waals surface area contributed by atoms with E-state index in [1.807, 2.05) is 0 Å². The molecule has 0 radical (unpaired) electrons. The topological polar surface area (TPSA) is 55.3 Å². The fourth-order valence-corrected chi connectivity index (χ4v) is 7.93. The van der Waals surface area contributed by atoms with Crippen molar-refractivity contribution in [3.8, 4) is 0 Å². The Balaban J connectivity index is 2.55. The van der Waals surface area contributed by atoms with Crippen molar-refractivity contribution < 1.29 is 10.3 Å². The second-order valence-electron chi connectivity index (χ2n) is 13.3. The number of hydrogen-bond donors (Lipinski definition) is 2. The summed E-state index contributed by atoms with van der Waals surface area (Å²) in [6.07, 6.45) is 0. The van der Waals surface area contributed by atoms with Gasteiger partial charge in [0.15, 0.2) is 0 Å². The average molecular weight is 726 g/mol. The number of hydrogen-bond acceptors (Lipinski definition) is 3. The Labute approximate surface area is 265 Å². The van der Waals surface area contributed by atoms with Crippen molar-refractivity contribution in [2.45, 2.75) is 131 Å². The Bertz CT molecular complexity index is 967. The van der Waals surface area contributed by atoms with E-state index >= 15 is 0 Å². The molecule has 2 unspecified atom stereocenters. The molecule has 0 aliphatic rings. The Morgan fingerprint density at radius 3 is 0.950 bits per heavy atom. The van der Waals surface area contributed by atoms with Gasteiger partial charge in [-0.15, -0.1) is 0 Å². The number of halogens is 2. The Hall–Kier alpha value is -0.214. The molecule has 40 heavy (non-hydrogen) atoms. The quantitative estimate of drug-likeness (QED) is 0.216. The zero-order valence-electron chi connectivity index (χ0n) is 27.0. The molecule has 0 saturated heterocycles. The van der Waals surface area contributed by atoms with Crippen LogP contribution in [0.15, 0.2) is 24.3 Å². The van der Waals surface area contributed by atoms with E-state index in [0.717, 1.165) is 13.1 Å². The Morgan fingerprint density at radius 1 is 0.525 bits per heavy atom. The van der Waals surface area contributed by atoms with Gasteiger partial charge in [0, 0.05) is 0 Å². The van der Waals surface area contributed by atoms with Gasteiger partial charge in [-0.25, -0.2) is 0 Å². The summed E-state index contributed by atoms with van der Waals surface area (Å²) in [6, 6.07) is 9.38. The fraction of sp³-hybridized carbons (Fsp3) is 0.647. The molecule has 2 aromatic rings. The molecule has 0 amide bonds. The van der Waals surface area contributed by atoms with Gasteiger partial charge in [-0.05, 0) is 0 Å². The standard InChI is InChI=1S/C34H56N3.2BrH.Co/c1-19(2)25-13-27(21(5)6)33(28(14-25)22(7)8)31(35)17-37-18-32(36)34-29(23(9)10)15-26(20(3)4)16-30(34)24(11)12;;;/h13-16,19-24,31-32H,17-18,35-36H2,1-12H3;2*1H;/q-1;;;+3/p-2. The summed E-state index contributed by atoms with van der Waals surface area (Å²) in [7, 11) is -0.719. The van der Waals surface area contributed by atoms with E-state index in [2.05, 4.69) is 140 Å². The molecule has 0 aliphatic heterocycles. The van der Waals surface area contributed by atoms with Crippen molar-refractivity contribution in [3.05, 3.63) is 68.8 Å². The van der Waals surface area contributed by atoms with Crippen LogP contribution in [0.4, 0.5) is 0 Å². The molecular formula is C34H56Br2CoN3. The van der Waals surface area contributed by atoms with E-state index in [1.54, 1.807) is 0 Å². The molecule has 4 N–H and O–H groups in total. The van der Waals surface area contributed by atoms with E-state index in [4.69, 9.17) is 11.5 Å². The number of benzene rings is 2. The van der Waals surface area contributed by atoms with Crippen LogP contribution in [0.25, 0.3) is 0 Å². The Kier molecular flexibility index (Phi) is 13.9. The van der Waals surface area contributed by atoms with E-state index < -0.39 is 10.3 Å². The first-order chi connectivity index (χ1) is 18.5. The van der Waals surface area contributed by atoms with Gasteiger partial charge in [0.05, 0.1) is 0 Å². The van der Waals surface area contributed by atoms with E-state index in [-0.39, 0.29) is 12.1 Å². The molecule has 0 bridgehead atoms. The molecule has 2 rings (SSSR count). The van der Waals surface area contributed by atoms with Crippen molar-refractivity contribution in [3.63, 3.8) is 0 Å². The first-order valence-electron chi connectivity index (χ1n) is 15.1. The second-order valence-corrected chi connectivity index (χ2v) is 21.5. The van der Waals surface area contributed by atoms with Crippen molar-refractivity contribution in [2.75, 3.05) is 13.1 Å². The molecule has 0 heterocycles. The molecular weight excluding hydrogens is 669 g/mol. The van der Waals surface area contributed by atoms with Crippen LogP contribution < -0.4 is 11.5 Å². The molecule has 0 saturated carbocycles. The summed E-state index contributed by atoms with van der Waals surface area (Å²) >= 11 is 7.78. The number of rotatable bonds is 13. The van der Waals surface area contributed by atoms with E-state index in [1.165, 1.54) is 44.5 Å². The maximum atomic E-state index is 7.15. The normalized spacial score (nSPS) is 14.5. The fourth-order valence-electron chi connectivity index (χ4n) is 5.64. The summed E-state index contributed by atoms with van der Waals surface area (Å²) in [5, 5.41) is 0. The van der Waals surface area contributed by atoms with Crippen molar-refractivity contribution in [2.24, 2.45) is 11.5 Å². The van der Waals surface area contributed by atoms with Gasteiger partial charge in [-0.1, -0.05) is 0 Å². The van der Waals surface area contributed by atoms with Gasteiger partial charge < -0.3 is 0 Å². The van der Waals surface area contributed by atoms with Gasteiger partial charge in [0.2, 0.25) is 0 Å². The van der Waals surface area contributed by atoms with Gasteiger partial charge in [0.1, 0.15) is 0 Å². The van der Waals surface area contributed by atoms with Crippen LogP contribution in [-0.2, 0) is 10.3 Å². The van der Waals surface area contributed by atoms with Crippen LogP contribution in [0.2, 0.25) is 0 Å². The zero-order chi connectivity index (χ0) is 30.6. The summed E-state index contributed by atoms with van der Waals surface area (Å²) < 4.78 is 2.41. The number of nitrogens with two attached hydrogens (primary N) is 2. The molecule has 2 aromatic carbocycles. The van der Waals surface area contributed by atoms with Crippen molar-refractivity contribution in [1.29, 1.82) is 0 Å². The summed E-state index contributed by atoms with van der Waals surface area (Å²) in [5.41, 5.74) is 25.3. The third-order valence-electron chi connectivity index (χ3n) is 8.03. The third-order valence-corrected chi connectivity index (χ3v) is 11.7. The molecule has 0 spiro atoms. The predicted octanol–water partition coefficient (Wildman–Crippen LogP) is 10.6. The van der Waals surface area contributed by atoms with Crippen molar-refractivity contribution >= 4 is 28.3 Å². The van der Waals surface area contributed by atoms with Crippen LogP contribution in [0.1, 0.15) is 175 Å². The van der Waals surface area contributed by atoms with E-state index in [0.29, 0.717) is 35.5 Å². The van der Waals surface area contributed by atoms with Crippen molar-refractivity contribution in [1.82, 2.24) is 3.95 Å². The maximum absolute atomic E-state index is 7.15. The third kappa shape index (κ3) is 8.90. The first-order valence-corrected chi connectivity index (χ1v) is 20.7. The van der Waals surface area contributed by atoms with Gasteiger partial charge in [-0.3, -0.25) is 0 Å². The molecule has 6 heteroatoms. The zero-order valence-corrected chi connectivity index (χ0v) is 31.2. The summed E-state index contributed by atoms with van der Waals surface area (Å²) in [5.74, 6) is 2.60.